The third-order valence-electron chi connectivity index (χ3n) is 5.50. The predicted molar refractivity (Wildman–Crippen MR) is 130 cm³/mol. The van der Waals surface area contributed by atoms with Crippen LogP contribution in [0.25, 0.3) is 0 Å². The number of unbranched alkanes of at least 4 members (excludes halogenated alkanes) is 10. The van der Waals surface area contributed by atoms with Crippen LogP contribution in [0.2, 0.25) is 0 Å². The largest absolute Gasteiger partial charge is 0.310 e. The maximum Gasteiger partial charge on any atom is 0.242 e. The number of amides is 1. The smallest absolute Gasteiger partial charge is 0.242 e. The zero-order valence-corrected chi connectivity index (χ0v) is 20.7. The molecule has 0 saturated heterocycles. The van der Waals surface area contributed by atoms with E-state index in [1.165, 1.54) is 42.8 Å². The van der Waals surface area contributed by atoms with Crippen LogP contribution in [0.3, 0.4) is 0 Å². The quantitative estimate of drug-likeness (QED) is 0.290. The van der Waals surface area contributed by atoms with Gasteiger partial charge in [-0.25, -0.2) is 17.7 Å². The number of nitrogens with one attached hydrogen (secondary N) is 1. The summed E-state index contributed by atoms with van der Waals surface area (Å²) in [5.74, 6) is -0.645. The van der Waals surface area contributed by atoms with Gasteiger partial charge in [0.1, 0.15) is 11.6 Å². The Bertz CT molecular complexity index is 707. The summed E-state index contributed by atoms with van der Waals surface area (Å²) < 4.78 is 27.5. The lowest BCUT2D eigenvalue weighted by Crippen LogP contribution is -2.38. The number of aryl methyl sites for hydroxylation is 1. The van der Waals surface area contributed by atoms with Crippen molar-refractivity contribution in [1.29, 1.82) is 0 Å². The van der Waals surface area contributed by atoms with Crippen molar-refractivity contribution < 1.29 is 13.2 Å². The van der Waals surface area contributed by atoms with E-state index in [2.05, 4.69) is 24.1 Å². The van der Waals surface area contributed by atoms with E-state index >= 15 is 0 Å². The van der Waals surface area contributed by atoms with Gasteiger partial charge in [0.05, 0.1) is 0 Å². The number of carbonyl (C=O) groups is 1. The summed E-state index contributed by atoms with van der Waals surface area (Å²) in [6.07, 6.45) is 14.9. The van der Waals surface area contributed by atoms with Gasteiger partial charge in [0.25, 0.3) is 0 Å². The molecule has 1 heterocycles. The van der Waals surface area contributed by atoms with E-state index in [9.17, 15) is 13.2 Å². The molecule has 0 aromatic carbocycles. The van der Waals surface area contributed by atoms with Gasteiger partial charge >= 0.3 is 0 Å². The lowest BCUT2D eigenvalue weighted by atomic mass is 10.1. The molecule has 1 aromatic rings. The number of aromatic nitrogens is 1. The number of nitrogens with zero attached hydrogens (tertiary/aromatic N) is 2. The average molecular weight is 454 g/mol. The molecular weight excluding hydrogens is 410 g/mol. The minimum Gasteiger partial charge on any atom is -0.310 e. The first-order chi connectivity index (χ1) is 14.9. The summed E-state index contributed by atoms with van der Waals surface area (Å²) in [4.78, 5) is 16.5. The highest BCUT2D eigenvalue weighted by atomic mass is 32.2. The Balaban J connectivity index is 2.61. The monoisotopic (exact) mass is 453 g/mol. The molecule has 1 N–H and O–H groups in total. The second-order valence-electron chi connectivity index (χ2n) is 8.41. The van der Waals surface area contributed by atoms with Crippen molar-refractivity contribution in [2.45, 2.75) is 97.8 Å². The summed E-state index contributed by atoms with van der Waals surface area (Å²) in [7, 11) is -3.66. The van der Waals surface area contributed by atoms with Crippen LogP contribution in [0.4, 0.5) is 5.82 Å². The van der Waals surface area contributed by atoms with E-state index in [4.69, 9.17) is 0 Å². The van der Waals surface area contributed by atoms with Gasteiger partial charge < -0.3 is 5.32 Å². The SMILES string of the molecule is CCCCCCCCN(CCCCCCCC)S(=O)(=O)CC(=O)Nc1ncccc1C. The van der Waals surface area contributed by atoms with E-state index in [0.717, 1.165) is 44.1 Å². The molecule has 1 aromatic heterocycles. The molecule has 0 aliphatic rings. The van der Waals surface area contributed by atoms with Crippen LogP contribution in [0.1, 0.15) is 96.5 Å². The summed E-state index contributed by atoms with van der Waals surface area (Å²) in [5, 5.41) is 2.65. The molecular formula is C24H43N3O3S. The van der Waals surface area contributed by atoms with Crippen LogP contribution in [-0.4, -0.2) is 42.5 Å². The van der Waals surface area contributed by atoms with Crippen LogP contribution in [0, 0.1) is 6.92 Å². The third kappa shape index (κ3) is 12.2. The van der Waals surface area contributed by atoms with Crippen molar-refractivity contribution >= 4 is 21.7 Å². The maximum atomic E-state index is 13.0. The molecule has 1 rings (SSSR count). The molecule has 7 heteroatoms. The van der Waals surface area contributed by atoms with Crippen molar-refractivity contribution in [1.82, 2.24) is 9.29 Å². The number of hydrogen-bond acceptors (Lipinski definition) is 4. The van der Waals surface area contributed by atoms with Crippen molar-refractivity contribution in [3.63, 3.8) is 0 Å². The second kappa shape index (κ2) is 16.2. The van der Waals surface area contributed by atoms with E-state index in [-0.39, 0.29) is 0 Å². The normalized spacial score (nSPS) is 11.7. The summed E-state index contributed by atoms with van der Waals surface area (Å²) in [5.41, 5.74) is 0.810. The Morgan fingerprint density at radius 2 is 1.42 bits per heavy atom. The van der Waals surface area contributed by atoms with Gasteiger partial charge in [-0.15, -0.1) is 0 Å². The molecule has 0 atom stereocenters. The number of anilines is 1. The Morgan fingerprint density at radius 3 is 1.94 bits per heavy atom. The van der Waals surface area contributed by atoms with Gasteiger partial charge in [-0.1, -0.05) is 84.1 Å². The van der Waals surface area contributed by atoms with Gasteiger partial charge in [-0.3, -0.25) is 4.79 Å². The Labute approximate surface area is 190 Å². The molecule has 0 aliphatic heterocycles. The molecule has 0 saturated carbocycles. The van der Waals surface area contributed by atoms with Crippen LogP contribution >= 0.6 is 0 Å². The zero-order valence-electron chi connectivity index (χ0n) is 19.9. The Kier molecular flexibility index (Phi) is 14.4. The van der Waals surface area contributed by atoms with Gasteiger partial charge in [0, 0.05) is 19.3 Å². The summed E-state index contributed by atoms with van der Waals surface area (Å²) in [6, 6.07) is 3.62. The lowest BCUT2D eigenvalue weighted by Gasteiger charge is -2.22. The molecule has 0 spiro atoms. The second-order valence-corrected chi connectivity index (χ2v) is 10.4. The molecule has 6 nitrogen and oxygen atoms in total. The van der Waals surface area contributed by atoms with E-state index in [1.54, 1.807) is 12.3 Å². The van der Waals surface area contributed by atoms with Crippen LogP contribution in [0.15, 0.2) is 18.3 Å². The van der Waals surface area contributed by atoms with Crippen LogP contribution < -0.4 is 5.32 Å². The standard InChI is InChI=1S/C24H43N3O3S/c1-4-6-8-10-12-14-19-27(20-15-13-11-9-7-5-2)31(29,30)21-23(28)26-24-22(3)17-16-18-25-24/h16-18H,4-15,19-21H2,1-3H3,(H,25,26,28). The number of rotatable bonds is 18. The fourth-order valence-corrected chi connectivity index (χ4v) is 4.97. The van der Waals surface area contributed by atoms with Crippen LogP contribution in [-0.2, 0) is 14.8 Å². The lowest BCUT2D eigenvalue weighted by molar-refractivity contribution is -0.114. The molecule has 0 bridgehead atoms. The molecule has 0 aliphatic carbocycles. The number of sulfonamides is 1. The molecule has 0 unspecified atom stereocenters. The molecule has 178 valence electrons. The first kappa shape index (κ1) is 27.6. The third-order valence-corrected chi connectivity index (χ3v) is 7.28. The Hall–Kier alpha value is -1.47. The zero-order chi connectivity index (χ0) is 23.0. The van der Waals surface area contributed by atoms with Gasteiger partial charge in [-0.05, 0) is 31.4 Å². The highest BCUT2D eigenvalue weighted by Gasteiger charge is 2.25. The minimum atomic E-state index is -3.66. The average Bonchev–Trinajstić information content (AvgIpc) is 2.72. The van der Waals surface area contributed by atoms with Gasteiger partial charge in [-0.2, -0.15) is 0 Å². The Morgan fingerprint density at radius 1 is 0.903 bits per heavy atom. The van der Waals surface area contributed by atoms with E-state index in [1.807, 2.05) is 13.0 Å². The predicted octanol–water partition coefficient (Wildman–Crippen LogP) is 5.68. The fourth-order valence-electron chi connectivity index (χ4n) is 3.57. The first-order valence-electron chi connectivity index (χ1n) is 12.1. The molecule has 1 amide bonds. The first-order valence-corrected chi connectivity index (χ1v) is 13.7. The van der Waals surface area contributed by atoms with E-state index < -0.39 is 21.7 Å². The fraction of sp³-hybridized carbons (Fsp3) is 0.750. The van der Waals surface area contributed by atoms with Crippen molar-refractivity contribution in [3.8, 4) is 0 Å². The minimum absolute atomic E-state index is 0.418. The topological polar surface area (TPSA) is 79.4 Å². The number of carbonyl (C=O) groups excluding carboxylic acids is 1. The van der Waals surface area contributed by atoms with Crippen LogP contribution in [0.5, 0.6) is 0 Å². The molecule has 0 fully saturated rings. The van der Waals surface area contributed by atoms with E-state index in [0.29, 0.717) is 18.9 Å². The maximum absolute atomic E-state index is 13.0. The van der Waals surface area contributed by atoms with Gasteiger partial charge in [0.2, 0.25) is 15.9 Å². The number of hydrogen-bond donors (Lipinski definition) is 1. The highest BCUT2D eigenvalue weighted by Crippen LogP contribution is 2.14. The van der Waals surface area contributed by atoms with Crippen molar-refractivity contribution in [2.75, 3.05) is 24.2 Å². The number of pyridine rings is 1. The highest BCUT2D eigenvalue weighted by molar-refractivity contribution is 7.89. The molecule has 0 radical (unpaired) electrons. The molecule has 31 heavy (non-hydrogen) atoms. The van der Waals surface area contributed by atoms with Crippen molar-refractivity contribution in [2.24, 2.45) is 0 Å². The summed E-state index contributed by atoms with van der Waals surface area (Å²) >= 11 is 0. The van der Waals surface area contributed by atoms with Crippen molar-refractivity contribution in [3.05, 3.63) is 23.9 Å². The summed E-state index contributed by atoms with van der Waals surface area (Å²) in [6.45, 7) is 7.21. The van der Waals surface area contributed by atoms with Gasteiger partial charge in [0.15, 0.2) is 0 Å².